The maximum atomic E-state index is 6.30. The van der Waals surface area contributed by atoms with E-state index in [9.17, 15) is 0 Å². The molecule has 1 aromatic rings. The molecular weight excluding hydrogens is 248 g/mol. The third kappa shape index (κ3) is 2.99. The number of hydrogen-bond acceptors (Lipinski definition) is 3. The molecule has 20 heavy (non-hydrogen) atoms. The molecule has 2 N–H and O–H groups in total. The van der Waals surface area contributed by atoms with Crippen LogP contribution in [0.25, 0.3) is 0 Å². The fourth-order valence-electron chi connectivity index (χ4n) is 3.50. The number of nitrogens with zero attached hydrogens (tertiary/aromatic N) is 1. The van der Waals surface area contributed by atoms with Crippen molar-refractivity contribution >= 4 is 0 Å². The SMILES string of the molecule is COc1ccc(C2CC(N)CN(C(C)C3CC3)C2)cc1. The third-order valence-electron chi connectivity index (χ3n) is 4.98. The van der Waals surface area contributed by atoms with Crippen LogP contribution in [0.3, 0.4) is 0 Å². The van der Waals surface area contributed by atoms with E-state index in [-0.39, 0.29) is 0 Å². The average Bonchev–Trinajstić information content (AvgIpc) is 3.30. The van der Waals surface area contributed by atoms with Gasteiger partial charge in [-0.1, -0.05) is 12.1 Å². The van der Waals surface area contributed by atoms with Crippen molar-refractivity contribution in [3.05, 3.63) is 29.8 Å². The van der Waals surface area contributed by atoms with Gasteiger partial charge < -0.3 is 10.5 Å². The second kappa shape index (κ2) is 5.74. The Balaban J connectivity index is 1.71. The van der Waals surface area contributed by atoms with Crippen molar-refractivity contribution in [3.63, 3.8) is 0 Å². The van der Waals surface area contributed by atoms with Crippen LogP contribution in [0.4, 0.5) is 0 Å². The Morgan fingerprint density at radius 2 is 1.90 bits per heavy atom. The molecule has 2 aliphatic rings. The summed E-state index contributed by atoms with van der Waals surface area (Å²) in [6.07, 6.45) is 3.90. The largest absolute Gasteiger partial charge is 0.497 e. The molecule has 3 nitrogen and oxygen atoms in total. The van der Waals surface area contributed by atoms with Crippen LogP contribution in [0.5, 0.6) is 5.75 Å². The number of piperidine rings is 1. The van der Waals surface area contributed by atoms with Gasteiger partial charge in [0.2, 0.25) is 0 Å². The van der Waals surface area contributed by atoms with Crippen molar-refractivity contribution in [2.24, 2.45) is 11.7 Å². The minimum absolute atomic E-state index is 0.303. The molecule has 3 unspecified atom stereocenters. The molecule has 2 fully saturated rings. The first-order valence-corrected chi connectivity index (χ1v) is 7.81. The summed E-state index contributed by atoms with van der Waals surface area (Å²) in [6.45, 7) is 4.59. The van der Waals surface area contributed by atoms with Crippen LogP contribution in [-0.2, 0) is 0 Å². The summed E-state index contributed by atoms with van der Waals surface area (Å²) in [5.41, 5.74) is 7.70. The predicted octanol–water partition coefficient (Wildman–Crippen LogP) is 2.61. The molecular formula is C17H26N2O. The first-order chi connectivity index (χ1) is 9.67. The summed E-state index contributed by atoms with van der Waals surface area (Å²) in [4.78, 5) is 2.61. The normalized spacial score (nSPS) is 29.1. The minimum Gasteiger partial charge on any atom is -0.497 e. The molecule has 1 heterocycles. The monoisotopic (exact) mass is 274 g/mol. The van der Waals surface area contributed by atoms with Crippen LogP contribution in [0.1, 0.15) is 37.7 Å². The standard InChI is InChI=1S/C17H26N2O/c1-12(13-3-4-13)19-10-15(9-16(18)11-19)14-5-7-17(20-2)8-6-14/h5-8,12-13,15-16H,3-4,9-11,18H2,1-2H3. The Morgan fingerprint density at radius 3 is 2.50 bits per heavy atom. The smallest absolute Gasteiger partial charge is 0.118 e. The predicted molar refractivity (Wildman–Crippen MR) is 82.1 cm³/mol. The Hall–Kier alpha value is -1.06. The van der Waals surface area contributed by atoms with Gasteiger partial charge in [0.1, 0.15) is 5.75 Å². The zero-order chi connectivity index (χ0) is 14.1. The number of likely N-dealkylation sites (tertiary alicyclic amines) is 1. The second-order valence-electron chi connectivity index (χ2n) is 6.50. The molecule has 1 aliphatic carbocycles. The number of ether oxygens (including phenoxy) is 1. The molecule has 3 heteroatoms. The van der Waals surface area contributed by atoms with Crippen LogP contribution >= 0.6 is 0 Å². The average molecular weight is 274 g/mol. The summed E-state index contributed by atoms with van der Waals surface area (Å²) >= 11 is 0. The molecule has 1 aliphatic heterocycles. The van der Waals surface area contributed by atoms with E-state index < -0.39 is 0 Å². The molecule has 1 aromatic carbocycles. The molecule has 0 bridgehead atoms. The van der Waals surface area contributed by atoms with Gasteiger partial charge in [-0.05, 0) is 55.7 Å². The van der Waals surface area contributed by atoms with Gasteiger partial charge in [-0.3, -0.25) is 4.90 Å². The highest BCUT2D eigenvalue weighted by Gasteiger charge is 2.36. The van der Waals surface area contributed by atoms with E-state index in [4.69, 9.17) is 10.5 Å². The highest BCUT2D eigenvalue weighted by Crippen LogP contribution is 2.37. The topological polar surface area (TPSA) is 38.5 Å². The van der Waals surface area contributed by atoms with Gasteiger partial charge in [-0.25, -0.2) is 0 Å². The maximum Gasteiger partial charge on any atom is 0.118 e. The van der Waals surface area contributed by atoms with Crippen molar-refractivity contribution < 1.29 is 4.74 Å². The zero-order valence-electron chi connectivity index (χ0n) is 12.6. The van der Waals surface area contributed by atoms with E-state index >= 15 is 0 Å². The fourth-order valence-corrected chi connectivity index (χ4v) is 3.50. The minimum atomic E-state index is 0.303. The number of benzene rings is 1. The van der Waals surface area contributed by atoms with Gasteiger partial charge in [0.05, 0.1) is 7.11 Å². The molecule has 110 valence electrons. The van der Waals surface area contributed by atoms with E-state index in [2.05, 4.69) is 36.1 Å². The van der Waals surface area contributed by atoms with Gasteiger partial charge in [0, 0.05) is 25.2 Å². The molecule has 0 spiro atoms. The van der Waals surface area contributed by atoms with Crippen LogP contribution in [-0.4, -0.2) is 37.2 Å². The molecule has 0 radical (unpaired) electrons. The molecule has 0 amide bonds. The van der Waals surface area contributed by atoms with Gasteiger partial charge in [0.15, 0.2) is 0 Å². The van der Waals surface area contributed by atoms with E-state index in [1.54, 1.807) is 7.11 Å². The summed E-state index contributed by atoms with van der Waals surface area (Å²) in [5, 5.41) is 0. The zero-order valence-corrected chi connectivity index (χ0v) is 12.6. The lowest BCUT2D eigenvalue weighted by molar-refractivity contribution is 0.130. The van der Waals surface area contributed by atoms with Gasteiger partial charge in [0.25, 0.3) is 0 Å². The van der Waals surface area contributed by atoms with Crippen molar-refractivity contribution in [3.8, 4) is 5.75 Å². The first kappa shape index (κ1) is 13.9. The first-order valence-electron chi connectivity index (χ1n) is 7.81. The van der Waals surface area contributed by atoms with E-state index in [1.165, 1.54) is 18.4 Å². The van der Waals surface area contributed by atoms with Gasteiger partial charge in [-0.15, -0.1) is 0 Å². The Kier molecular flexibility index (Phi) is 3.99. The lowest BCUT2D eigenvalue weighted by Crippen LogP contribution is -2.50. The summed E-state index contributed by atoms with van der Waals surface area (Å²) < 4.78 is 5.24. The van der Waals surface area contributed by atoms with Crippen molar-refractivity contribution in [1.29, 1.82) is 0 Å². The number of hydrogen-bond donors (Lipinski definition) is 1. The lowest BCUT2D eigenvalue weighted by Gasteiger charge is -2.40. The van der Waals surface area contributed by atoms with Crippen molar-refractivity contribution in [2.75, 3.05) is 20.2 Å². The maximum absolute atomic E-state index is 6.30. The quantitative estimate of drug-likeness (QED) is 0.917. The molecule has 3 atom stereocenters. The number of rotatable bonds is 4. The van der Waals surface area contributed by atoms with Gasteiger partial charge in [-0.2, -0.15) is 0 Å². The highest BCUT2D eigenvalue weighted by atomic mass is 16.5. The molecule has 3 rings (SSSR count). The highest BCUT2D eigenvalue weighted by molar-refractivity contribution is 5.30. The van der Waals surface area contributed by atoms with Crippen LogP contribution in [0.2, 0.25) is 0 Å². The summed E-state index contributed by atoms with van der Waals surface area (Å²) in [7, 11) is 1.71. The van der Waals surface area contributed by atoms with Crippen molar-refractivity contribution in [2.45, 2.75) is 44.2 Å². The summed E-state index contributed by atoms with van der Waals surface area (Å²) in [6, 6.07) is 9.51. The molecule has 0 aromatic heterocycles. The second-order valence-corrected chi connectivity index (χ2v) is 6.50. The number of nitrogens with two attached hydrogens (primary N) is 1. The molecule has 1 saturated heterocycles. The number of methoxy groups -OCH3 is 1. The van der Waals surface area contributed by atoms with E-state index in [0.29, 0.717) is 18.0 Å². The van der Waals surface area contributed by atoms with Crippen LogP contribution in [0, 0.1) is 5.92 Å². The van der Waals surface area contributed by atoms with E-state index in [0.717, 1.165) is 31.2 Å². The van der Waals surface area contributed by atoms with E-state index in [1.807, 2.05) is 0 Å². The fraction of sp³-hybridized carbons (Fsp3) is 0.647. The van der Waals surface area contributed by atoms with Gasteiger partial charge >= 0.3 is 0 Å². The summed E-state index contributed by atoms with van der Waals surface area (Å²) in [5.74, 6) is 2.40. The van der Waals surface area contributed by atoms with Crippen LogP contribution in [0.15, 0.2) is 24.3 Å². The Labute approximate surface area is 122 Å². The van der Waals surface area contributed by atoms with Crippen LogP contribution < -0.4 is 10.5 Å². The molecule has 1 saturated carbocycles. The lowest BCUT2D eigenvalue weighted by atomic mass is 9.87. The third-order valence-corrected chi connectivity index (χ3v) is 4.98. The Bertz CT molecular complexity index is 441. The van der Waals surface area contributed by atoms with Crippen molar-refractivity contribution in [1.82, 2.24) is 4.90 Å². The Morgan fingerprint density at radius 1 is 1.20 bits per heavy atom.